The van der Waals surface area contributed by atoms with Gasteiger partial charge in [0.05, 0.1) is 0 Å². The van der Waals surface area contributed by atoms with Crippen LogP contribution in [0.5, 0.6) is 0 Å². The first-order valence-corrected chi connectivity index (χ1v) is 13.3. The van der Waals surface area contributed by atoms with E-state index in [-0.39, 0.29) is 0 Å². The molecule has 7 heteroatoms. The maximum absolute atomic E-state index is 4.30. The quantitative estimate of drug-likeness (QED) is 0.261. The van der Waals surface area contributed by atoms with Crippen molar-refractivity contribution in [3.8, 4) is 0 Å². The van der Waals surface area contributed by atoms with Crippen LogP contribution >= 0.6 is 84.9 Å². The van der Waals surface area contributed by atoms with Gasteiger partial charge in [0.25, 0.3) is 0 Å². The molecule has 1 unspecified atom stereocenters. The summed E-state index contributed by atoms with van der Waals surface area (Å²) < 4.78 is 0. The van der Waals surface area contributed by atoms with Crippen molar-refractivity contribution in [1.29, 1.82) is 0 Å². The standard InChI is InChI=1S/C13H28S7/c1-2-12(9-17-6-3-14)20-13(10-18-7-4-15)11-19-8-5-16/h12-16H,2-11H2,1H3. The minimum Gasteiger partial charge on any atom is -0.179 e. The van der Waals surface area contributed by atoms with E-state index in [1.54, 1.807) is 0 Å². The Bertz CT molecular complexity index is 182. The molecule has 0 aromatic heterocycles. The molecule has 0 fully saturated rings. The lowest BCUT2D eigenvalue weighted by Gasteiger charge is -2.22. The second kappa shape index (κ2) is 17.8. The van der Waals surface area contributed by atoms with E-state index < -0.39 is 0 Å². The molecule has 0 heterocycles. The third kappa shape index (κ3) is 14.1. The molecule has 0 spiro atoms. The summed E-state index contributed by atoms with van der Waals surface area (Å²) in [6, 6.07) is 0. The first kappa shape index (κ1) is 22.4. The summed E-state index contributed by atoms with van der Waals surface area (Å²) in [7, 11) is 0. The smallest absolute Gasteiger partial charge is 0.0231 e. The molecule has 1 atom stereocenters. The van der Waals surface area contributed by atoms with E-state index in [4.69, 9.17) is 0 Å². The molecule has 0 saturated carbocycles. The van der Waals surface area contributed by atoms with Crippen molar-refractivity contribution < 1.29 is 0 Å². The van der Waals surface area contributed by atoms with Crippen LogP contribution in [0, 0.1) is 0 Å². The predicted molar refractivity (Wildman–Crippen MR) is 119 cm³/mol. The zero-order valence-electron chi connectivity index (χ0n) is 12.2. The summed E-state index contributed by atoms with van der Waals surface area (Å²) >= 11 is 21.2. The van der Waals surface area contributed by atoms with Gasteiger partial charge in [-0.1, -0.05) is 6.92 Å². The van der Waals surface area contributed by atoms with Crippen LogP contribution in [0.2, 0.25) is 0 Å². The summed E-state index contributed by atoms with van der Waals surface area (Å²) in [5.74, 6) is 10.3. The Morgan fingerprint density at radius 3 is 1.45 bits per heavy atom. The van der Waals surface area contributed by atoms with Gasteiger partial charge in [-0.3, -0.25) is 0 Å². The zero-order chi connectivity index (χ0) is 15.1. The summed E-state index contributed by atoms with van der Waals surface area (Å²) in [5, 5.41) is 1.56. The van der Waals surface area contributed by atoms with Crippen molar-refractivity contribution >= 4 is 84.9 Å². The Morgan fingerprint density at radius 2 is 1.10 bits per heavy atom. The molecule has 0 nitrogen and oxygen atoms in total. The van der Waals surface area contributed by atoms with Crippen LogP contribution in [0.3, 0.4) is 0 Å². The maximum atomic E-state index is 4.30. The van der Waals surface area contributed by atoms with Crippen LogP contribution in [0.25, 0.3) is 0 Å². The lowest BCUT2D eigenvalue weighted by Crippen LogP contribution is -2.18. The van der Waals surface area contributed by atoms with Crippen LogP contribution in [-0.4, -0.2) is 62.3 Å². The van der Waals surface area contributed by atoms with Crippen LogP contribution < -0.4 is 0 Å². The third-order valence-electron chi connectivity index (χ3n) is 2.46. The first-order chi connectivity index (χ1) is 9.78. The average Bonchev–Trinajstić information content (AvgIpc) is 2.46. The zero-order valence-corrected chi connectivity index (χ0v) is 18.1. The van der Waals surface area contributed by atoms with Crippen molar-refractivity contribution in [2.45, 2.75) is 23.8 Å². The highest BCUT2D eigenvalue weighted by atomic mass is 32.2. The lowest BCUT2D eigenvalue weighted by molar-refractivity contribution is 0.908. The molecule has 0 rings (SSSR count). The number of hydrogen-bond donors (Lipinski definition) is 3. The number of hydrogen-bond acceptors (Lipinski definition) is 7. The van der Waals surface area contributed by atoms with Gasteiger partial charge in [0.15, 0.2) is 0 Å². The van der Waals surface area contributed by atoms with E-state index in [0.717, 1.165) is 27.8 Å². The third-order valence-corrected chi connectivity index (χ3v) is 9.67. The Labute approximate surface area is 159 Å². The van der Waals surface area contributed by atoms with Gasteiger partial charge < -0.3 is 0 Å². The summed E-state index contributed by atoms with van der Waals surface area (Å²) in [6.07, 6.45) is 1.27. The van der Waals surface area contributed by atoms with E-state index >= 15 is 0 Å². The molecule has 0 aromatic carbocycles. The van der Waals surface area contributed by atoms with Gasteiger partial charge in [-0.25, -0.2) is 0 Å². The first-order valence-electron chi connectivity index (χ1n) is 6.99. The number of thioether (sulfide) groups is 4. The molecule has 0 aliphatic heterocycles. The van der Waals surface area contributed by atoms with E-state index in [2.05, 4.69) is 80.1 Å². The van der Waals surface area contributed by atoms with Gasteiger partial charge in [-0.05, 0) is 23.7 Å². The monoisotopic (exact) mass is 408 g/mol. The van der Waals surface area contributed by atoms with Crippen LogP contribution in [0.4, 0.5) is 0 Å². The fraction of sp³-hybridized carbons (Fsp3) is 1.00. The van der Waals surface area contributed by atoms with E-state index in [9.17, 15) is 0 Å². The van der Waals surface area contributed by atoms with Crippen LogP contribution in [0.1, 0.15) is 13.3 Å². The highest BCUT2D eigenvalue weighted by molar-refractivity contribution is 8.07. The predicted octanol–water partition coefficient (Wildman–Crippen LogP) is 4.86. The fourth-order valence-electron chi connectivity index (χ4n) is 1.49. The van der Waals surface area contributed by atoms with Crippen molar-refractivity contribution in [2.75, 3.05) is 51.8 Å². The normalized spacial score (nSPS) is 13.1. The summed E-state index contributed by atoms with van der Waals surface area (Å²) in [5.41, 5.74) is 0. The molecule has 0 bridgehead atoms. The Kier molecular flexibility index (Phi) is 20.0. The molecule has 0 amide bonds. The van der Waals surface area contributed by atoms with Crippen LogP contribution in [-0.2, 0) is 0 Å². The van der Waals surface area contributed by atoms with Crippen molar-refractivity contribution in [3.05, 3.63) is 0 Å². The molecule has 0 N–H and O–H groups in total. The number of rotatable bonds is 15. The van der Waals surface area contributed by atoms with Crippen molar-refractivity contribution in [1.82, 2.24) is 0 Å². The largest absolute Gasteiger partial charge is 0.179 e. The average molecular weight is 409 g/mol. The Balaban J connectivity index is 4.05. The van der Waals surface area contributed by atoms with E-state index in [0.29, 0.717) is 0 Å². The molecule has 122 valence electrons. The van der Waals surface area contributed by atoms with Gasteiger partial charge in [-0.2, -0.15) is 84.9 Å². The molecular formula is C13H28S7. The van der Waals surface area contributed by atoms with Gasteiger partial charge in [0, 0.05) is 45.0 Å². The Hall–Kier alpha value is 2.45. The molecule has 0 radical (unpaired) electrons. The summed E-state index contributed by atoms with van der Waals surface area (Å²) in [4.78, 5) is 0. The van der Waals surface area contributed by atoms with E-state index in [1.165, 1.54) is 40.9 Å². The number of thiol groups is 3. The van der Waals surface area contributed by atoms with Crippen LogP contribution in [0.15, 0.2) is 0 Å². The molecular weight excluding hydrogens is 381 g/mol. The summed E-state index contributed by atoms with van der Waals surface area (Å²) in [6.45, 7) is 2.32. The van der Waals surface area contributed by atoms with Gasteiger partial charge in [0.2, 0.25) is 0 Å². The minimum atomic E-state index is 0.770. The lowest BCUT2D eigenvalue weighted by atomic mass is 10.4. The maximum Gasteiger partial charge on any atom is 0.0231 e. The van der Waals surface area contributed by atoms with Crippen molar-refractivity contribution in [2.24, 2.45) is 0 Å². The second-order valence-electron chi connectivity index (χ2n) is 4.18. The minimum absolute atomic E-state index is 0.770. The van der Waals surface area contributed by atoms with Gasteiger partial charge in [-0.15, -0.1) is 0 Å². The topological polar surface area (TPSA) is 0 Å². The molecule has 0 aliphatic carbocycles. The Morgan fingerprint density at radius 1 is 0.700 bits per heavy atom. The van der Waals surface area contributed by atoms with E-state index in [1.807, 2.05) is 11.8 Å². The van der Waals surface area contributed by atoms with Gasteiger partial charge in [0.1, 0.15) is 0 Å². The highest BCUT2D eigenvalue weighted by Crippen LogP contribution is 2.29. The molecule has 0 aliphatic rings. The van der Waals surface area contributed by atoms with Gasteiger partial charge >= 0.3 is 0 Å². The molecule has 20 heavy (non-hydrogen) atoms. The molecule has 0 saturated heterocycles. The highest BCUT2D eigenvalue weighted by Gasteiger charge is 2.16. The SMILES string of the molecule is CCC(CSCCS)SC(CSCCS)CSCCS. The molecule has 0 aromatic rings. The van der Waals surface area contributed by atoms with Crippen molar-refractivity contribution in [3.63, 3.8) is 0 Å². The second-order valence-corrected chi connectivity index (χ2v) is 10.6. The fourth-order valence-corrected chi connectivity index (χ4v) is 7.49.